The number of nitrogens with one attached hydrogen (secondary N) is 2. The van der Waals surface area contributed by atoms with Gasteiger partial charge < -0.3 is 9.55 Å². The van der Waals surface area contributed by atoms with Crippen LogP contribution in [0.1, 0.15) is 19.4 Å². The Bertz CT molecular complexity index is 1940. The van der Waals surface area contributed by atoms with Crippen molar-refractivity contribution < 1.29 is 8.42 Å². The number of fused-ring (bicyclic) bond motifs is 2. The Balaban J connectivity index is 1.86. The number of aromatic amines is 1. The molecule has 200 valence electrons. The van der Waals surface area contributed by atoms with E-state index in [1.807, 2.05) is 32.2 Å². The van der Waals surface area contributed by atoms with Gasteiger partial charge in [0.05, 0.1) is 12.2 Å². The van der Waals surface area contributed by atoms with Crippen molar-refractivity contribution in [2.24, 2.45) is 20.0 Å². The summed E-state index contributed by atoms with van der Waals surface area (Å²) < 4.78 is 33.4. The van der Waals surface area contributed by atoms with Gasteiger partial charge in [0.15, 0.2) is 5.65 Å². The third-order valence-electron chi connectivity index (χ3n) is 6.62. The molecule has 4 heterocycles. The van der Waals surface area contributed by atoms with Gasteiger partial charge in [-0.1, -0.05) is 25.4 Å². The van der Waals surface area contributed by atoms with Crippen LogP contribution in [0, 0.1) is 5.92 Å². The van der Waals surface area contributed by atoms with Gasteiger partial charge in [-0.2, -0.15) is 5.10 Å². The smallest absolute Gasteiger partial charge is 0.332 e. The van der Waals surface area contributed by atoms with Crippen LogP contribution in [0.25, 0.3) is 33.3 Å². The third kappa shape index (κ3) is 4.18. The monoisotopic (exact) mass is 557 g/mol. The number of aromatic nitrogens is 6. The number of hydrogen-bond acceptors (Lipinski definition) is 5. The first-order chi connectivity index (χ1) is 17.9. The van der Waals surface area contributed by atoms with Crippen molar-refractivity contribution in [3.05, 3.63) is 68.1 Å². The van der Waals surface area contributed by atoms with Gasteiger partial charge in [0, 0.05) is 49.0 Å². The molecule has 0 unspecified atom stereocenters. The van der Waals surface area contributed by atoms with Crippen molar-refractivity contribution >= 4 is 43.6 Å². The zero-order chi connectivity index (χ0) is 27.5. The second kappa shape index (κ2) is 9.29. The molecule has 0 aliphatic heterocycles. The maximum Gasteiger partial charge on any atom is 0.332 e. The molecule has 1 aromatic carbocycles. The van der Waals surface area contributed by atoms with Crippen molar-refractivity contribution in [3.8, 4) is 11.4 Å². The van der Waals surface area contributed by atoms with E-state index in [9.17, 15) is 18.0 Å². The summed E-state index contributed by atoms with van der Waals surface area (Å²) in [4.78, 5) is 30.0. The van der Waals surface area contributed by atoms with Gasteiger partial charge in [0.25, 0.3) is 5.56 Å². The standard InChI is InChI=1S/C25H28ClN7O4S/c1-14(2)11-32-23-21(24(34)31(5)25(32)35)22(20-9-17(13-30(20)4)38(36,37)27-3)33(29-23)12-15-10-28-19-7-6-16(26)8-18(15)19/h6-10,13-14,27-28H,11-12H2,1-5H3. The summed E-state index contributed by atoms with van der Waals surface area (Å²) in [6.07, 6.45) is 3.32. The average molecular weight is 558 g/mol. The number of nitrogens with zero attached hydrogens (tertiary/aromatic N) is 5. The summed E-state index contributed by atoms with van der Waals surface area (Å²) in [6.45, 7) is 4.55. The maximum atomic E-state index is 13.6. The first-order valence-corrected chi connectivity index (χ1v) is 13.8. The van der Waals surface area contributed by atoms with Crippen molar-refractivity contribution in [1.29, 1.82) is 0 Å². The van der Waals surface area contributed by atoms with Crippen molar-refractivity contribution in [2.75, 3.05) is 7.05 Å². The highest BCUT2D eigenvalue weighted by Gasteiger charge is 2.26. The molecule has 2 N–H and O–H groups in total. The average Bonchev–Trinajstić information content (AvgIpc) is 3.56. The zero-order valence-corrected chi connectivity index (χ0v) is 23.2. The van der Waals surface area contributed by atoms with E-state index < -0.39 is 21.3 Å². The van der Waals surface area contributed by atoms with E-state index >= 15 is 0 Å². The first-order valence-electron chi connectivity index (χ1n) is 12.0. The number of aryl methyl sites for hydroxylation is 1. The minimum Gasteiger partial charge on any atom is -0.361 e. The molecule has 0 aliphatic carbocycles. The van der Waals surface area contributed by atoms with Crippen LogP contribution in [0.5, 0.6) is 0 Å². The van der Waals surface area contributed by atoms with Crippen molar-refractivity contribution in [1.82, 2.24) is 33.2 Å². The van der Waals surface area contributed by atoms with Gasteiger partial charge in [-0.25, -0.2) is 17.9 Å². The lowest BCUT2D eigenvalue weighted by atomic mass is 10.1. The molecule has 38 heavy (non-hydrogen) atoms. The Morgan fingerprint density at radius 2 is 1.89 bits per heavy atom. The largest absolute Gasteiger partial charge is 0.361 e. The Morgan fingerprint density at radius 3 is 2.58 bits per heavy atom. The molecule has 4 aromatic heterocycles. The zero-order valence-electron chi connectivity index (χ0n) is 21.6. The predicted octanol–water partition coefficient (Wildman–Crippen LogP) is 2.65. The van der Waals surface area contributed by atoms with E-state index in [1.54, 1.807) is 22.4 Å². The molecule has 5 aromatic rings. The lowest BCUT2D eigenvalue weighted by Gasteiger charge is -2.11. The Morgan fingerprint density at radius 1 is 1.16 bits per heavy atom. The summed E-state index contributed by atoms with van der Waals surface area (Å²) in [6, 6.07) is 7.02. The molecule has 11 nitrogen and oxygen atoms in total. The maximum absolute atomic E-state index is 13.6. The topological polar surface area (TPSA) is 129 Å². The van der Waals surface area contributed by atoms with Crippen LogP contribution in [0.3, 0.4) is 0 Å². The first kappa shape index (κ1) is 26.0. The fourth-order valence-corrected chi connectivity index (χ4v) is 5.71. The van der Waals surface area contributed by atoms with Crippen LogP contribution in [0.2, 0.25) is 5.02 Å². The number of halogens is 1. The summed E-state index contributed by atoms with van der Waals surface area (Å²) >= 11 is 6.26. The molecule has 0 spiro atoms. The third-order valence-corrected chi connectivity index (χ3v) is 8.24. The lowest BCUT2D eigenvalue weighted by Crippen LogP contribution is -2.38. The molecular formula is C25H28ClN7O4S. The molecular weight excluding hydrogens is 530 g/mol. The minimum atomic E-state index is -3.75. The number of H-pyrrole nitrogens is 1. The number of benzene rings is 1. The molecule has 0 radical (unpaired) electrons. The number of sulfonamides is 1. The predicted molar refractivity (Wildman–Crippen MR) is 147 cm³/mol. The normalized spacial score (nSPS) is 12.4. The SMILES string of the molecule is CNS(=O)(=O)c1cc(-c2c3c(=O)n(C)c(=O)n(CC(C)C)c3nn2Cc2c[nH]c3ccc(Cl)cc23)n(C)c1. The second-order valence-corrected chi connectivity index (χ2v) is 12.1. The van der Waals surface area contributed by atoms with Gasteiger partial charge in [-0.3, -0.25) is 18.6 Å². The van der Waals surface area contributed by atoms with E-state index in [0.717, 1.165) is 21.0 Å². The summed E-state index contributed by atoms with van der Waals surface area (Å²) in [5.74, 6) is 0.111. The number of rotatable bonds is 7. The van der Waals surface area contributed by atoms with E-state index in [-0.39, 0.29) is 28.4 Å². The van der Waals surface area contributed by atoms with Crippen LogP contribution in [-0.2, 0) is 37.2 Å². The van der Waals surface area contributed by atoms with Gasteiger partial charge in [-0.05, 0) is 42.8 Å². The molecule has 0 saturated heterocycles. The highest BCUT2D eigenvalue weighted by Crippen LogP contribution is 2.31. The van der Waals surface area contributed by atoms with E-state index in [1.165, 1.54) is 30.9 Å². The molecule has 5 rings (SSSR count). The molecule has 13 heteroatoms. The molecule has 0 atom stereocenters. The van der Waals surface area contributed by atoms with Gasteiger partial charge in [-0.15, -0.1) is 0 Å². The highest BCUT2D eigenvalue weighted by molar-refractivity contribution is 7.89. The van der Waals surface area contributed by atoms with Crippen LogP contribution >= 0.6 is 11.6 Å². The highest BCUT2D eigenvalue weighted by atomic mass is 35.5. The van der Waals surface area contributed by atoms with Crippen molar-refractivity contribution in [2.45, 2.75) is 31.8 Å². The summed E-state index contributed by atoms with van der Waals surface area (Å²) in [5, 5.41) is 6.49. The quantitative estimate of drug-likeness (QED) is 0.318. The summed E-state index contributed by atoms with van der Waals surface area (Å²) in [5.41, 5.74) is 1.91. The van der Waals surface area contributed by atoms with Gasteiger partial charge in [0.2, 0.25) is 10.0 Å². The molecule has 0 saturated carbocycles. The van der Waals surface area contributed by atoms with Crippen LogP contribution < -0.4 is 16.0 Å². The molecule has 0 amide bonds. The minimum absolute atomic E-state index is 0.0459. The Kier molecular flexibility index (Phi) is 6.36. The van der Waals surface area contributed by atoms with Crippen LogP contribution in [0.15, 0.2) is 51.1 Å². The Hall–Kier alpha value is -3.61. The fraction of sp³-hybridized carbons (Fsp3) is 0.320. The van der Waals surface area contributed by atoms with E-state index in [2.05, 4.69) is 9.71 Å². The lowest BCUT2D eigenvalue weighted by molar-refractivity contribution is 0.498. The summed E-state index contributed by atoms with van der Waals surface area (Å²) in [7, 11) is 0.727. The van der Waals surface area contributed by atoms with Crippen molar-refractivity contribution in [3.63, 3.8) is 0 Å². The molecule has 0 fully saturated rings. The van der Waals surface area contributed by atoms with Crippen LogP contribution in [-0.4, -0.2) is 43.9 Å². The molecule has 0 aliphatic rings. The van der Waals surface area contributed by atoms with Gasteiger partial charge >= 0.3 is 5.69 Å². The van der Waals surface area contributed by atoms with E-state index in [4.69, 9.17) is 16.7 Å². The Labute approximate surface area is 223 Å². The van der Waals surface area contributed by atoms with Gasteiger partial charge in [0.1, 0.15) is 16.0 Å². The number of hydrogen-bond donors (Lipinski definition) is 2. The fourth-order valence-electron chi connectivity index (χ4n) is 4.74. The second-order valence-electron chi connectivity index (χ2n) is 9.74. The van der Waals surface area contributed by atoms with Crippen LogP contribution in [0.4, 0.5) is 0 Å². The van der Waals surface area contributed by atoms with E-state index in [0.29, 0.717) is 23.0 Å². The molecule has 0 bridgehead atoms.